The van der Waals surface area contributed by atoms with Crippen LogP contribution in [0.3, 0.4) is 0 Å². The molecular formula is C49H32N2O. The van der Waals surface area contributed by atoms with Gasteiger partial charge in [-0.3, -0.25) is 4.98 Å². The number of nitrogens with zero attached hydrogens (tertiary/aromatic N) is 2. The Kier molecular flexibility index (Phi) is 7.14. The fourth-order valence-electron chi connectivity index (χ4n) is 7.64. The van der Waals surface area contributed by atoms with Gasteiger partial charge in [-0.2, -0.15) is 0 Å². The minimum atomic E-state index is 0.798. The number of hydrogen-bond donors (Lipinski definition) is 0. The predicted octanol–water partition coefficient (Wildman–Crippen LogP) is 13.8. The Labute approximate surface area is 301 Å². The van der Waals surface area contributed by atoms with Crippen LogP contribution in [0.15, 0.2) is 199 Å². The van der Waals surface area contributed by atoms with Gasteiger partial charge in [0.15, 0.2) is 11.2 Å². The molecule has 244 valence electrons. The summed E-state index contributed by atoms with van der Waals surface area (Å²) in [4.78, 5) is 7.13. The van der Waals surface area contributed by atoms with Crippen molar-refractivity contribution < 1.29 is 4.42 Å². The summed E-state index contributed by atoms with van der Waals surface area (Å²) in [6.45, 7) is 0. The van der Waals surface area contributed by atoms with Crippen LogP contribution >= 0.6 is 0 Å². The number of anilines is 3. The van der Waals surface area contributed by atoms with Gasteiger partial charge in [0.05, 0.1) is 11.4 Å². The number of fused-ring (bicyclic) bond motifs is 6. The molecule has 0 bridgehead atoms. The van der Waals surface area contributed by atoms with Crippen molar-refractivity contribution in [1.29, 1.82) is 0 Å². The molecular weight excluding hydrogens is 633 g/mol. The fraction of sp³-hybridized carbons (Fsp3) is 0. The fourth-order valence-corrected chi connectivity index (χ4v) is 7.64. The van der Waals surface area contributed by atoms with E-state index in [0.717, 1.165) is 72.2 Å². The second-order valence-corrected chi connectivity index (χ2v) is 13.1. The van der Waals surface area contributed by atoms with Crippen LogP contribution in [-0.2, 0) is 0 Å². The van der Waals surface area contributed by atoms with Crippen molar-refractivity contribution in [2.45, 2.75) is 0 Å². The molecule has 3 nitrogen and oxygen atoms in total. The van der Waals surface area contributed by atoms with E-state index in [4.69, 9.17) is 9.40 Å². The molecule has 8 aromatic carbocycles. The van der Waals surface area contributed by atoms with Crippen molar-refractivity contribution in [3.63, 3.8) is 0 Å². The molecule has 2 heterocycles. The molecule has 10 aromatic rings. The SMILES string of the molecule is c1ccc(-c2cccc(N(c3ccc(-c4ccccc4)cc3-c3cccc4ccccc34)c3cccc4c3oc3c4ccc4cccnc43)c2)cc1. The third-order valence-corrected chi connectivity index (χ3v) is 10.1. The summed E-state index contributed by atoms with van der Waals surface area (Å²) in [6, 6.07) is 66.9. The molecule has 0 amide bonds. The second-order valence-electron chi connectivity index (χ2n) is 13.1. The second kappa shape index (κ2) is 12.4. The summed E-state index contributed by atoms with van der Waals surface area (Å²) in [5.74, 6) is 0. The van der Waals surface area contributed by atoms with Crippen LogP contribution in [0.2, 0.25) is 0 Å². The van der Waals surface area contributed by atoms with Crippen LogP contribution < -0.4 is 4.90 Å². The molecule has 2 aromatic heterocycles. The highest BCUT2D eigenvalue weighted by atomic mass is 16.3. The van der Waals surface area contributed by atoms with E-state index in [0.29, 0.717) is 0 Å². The van der Waals surface area contributed by atoms with Gasteiger partial charge < -0.3 is 9.32 Å². The lowest BCUT2D eigenvalue weighted by molar-refractivity contribution is 0.672. The van der Waals surface area contributed by atoms with Crippen molar-refractivity contribution in [3.8, 4) is 33.4 Å². The van der Waals surface area contributed by atoms with Gasteiger partial charge in [0.1, 0.15) is 5.52 Å². The number of pyridine rings is 1. The summed E-state index contributed by atoms with van der Waals surface area (Å²) in [5.41, 5.74) is 12.5. The summed E-state index contributed by atoms with van der Waals surface area (Å²) in [6.07, 6.45) is 1.84. The van der Waals surface area contributed by atoms with E-state index in [-0.39, 0.29) is 0 Å². The summed E-state index contributed by atoms with van der Waals surface area (Å²) in [5, 5.41) is 5.56. The van der Waals surface area contributed by atoms with Gasteiger partial charge >= 0.3 is 0 Å². The average Bonchev–Trinajstić information content (AvgIpc) is 3.62. The number of aromatic nitrogens is 1. The average molecular weight is 665 g/mol. The van der Waals surface area contributed by atoms with Crippen molar-refractivity contribution >= 4 is 60.7 Å². The maximum absolute atomic E-state index is 6.94. The van der Waals surface area contributed by atoms with E-state index < -0.39 is 0 Å². The molecule has 3 heteroatoms. The van der Waals surface area contributed by atoms with Gasteiger partial charge in [-0.05, 0) is 81.1 Å². The molecule has 0 aliphatic carbocycles. The minimum Gasteiger partial charge on any atom is -0.452 e. The van der Waals surface area contributed by atoms with Crippen LogP contribution in [-0.4, -0.2) is 4.98 Å². The highest BCUT2D eigenvalue weighted by molar-refractivity contribution is 6.17. The maximum atomic E-state index is 6.94. The molecule has 10 rings (SSSR count). The molecule has 0 fully saturated rings. The van der Waals surface area contributed by atoms with Crippen LogP contribution in [0, 0.1) is 0 Å². The van der Waals surface area contributed by atoms with Gasteiger partial charge in [0.25, 0.3) is 0 Å². The Bertz CT molecular complexity index is 2910. The van der Waals surface area contributed by atoms with Gasteiger partial charge in [-0.1, -0.05) is 146 Å². The summed E-state index contributed by atoms with van der Waals surface area (Å²) < 4.78 is 6.94. The lowest BCUT2D eigenvalue weighted by Crippen LogP contribution is -2.12. The molecule has 0 N–H and O–H groups in total. The first-order chi connectivity index (χ1) is 25.8. The normalized spacial score (nSPS) is 11.5. The first-order valence-electron chi connectivity index (χ1n) is 17.6. The van der Waals surface area contributed by atoms with Gasteiger partial charge in [-0.25, -0.2) is 0 Å². The zero-order chi connectivity index (χ0) is 34.4. The van der Waals surface area contributed by atoms with Crippen molar-refractivity contribution in [2.75, 3.05) is 4.90 Å². The van der Waals surface area contributed by atoms with E-state index in [9.17, 15) is 0 Å². The molecule has 0 spiro atoms. The third kappa shape index (κ3) is 5.02. The summed E-state index contributed by atoms with van der Waals surface area (Å²) >= 11 is 0. The third-order valence-electron chi connectivity index (χ3n) is 10.1. The molecule has 0 radical (unpaired) electrons. The lowest BCUT2D eigenvalue weighted by atomic mass is 9.92. The number of hydrogen-bond acceptors (Lipinski definition) is 3. The zero-order valence-corrected chi connectivity index (χ0v) is 28.3. The summed E-state index contributed by atoms with van der Waals surface area (Å²) in [7, 11) is 0. The molecule has 0 unspecified atom stereocenters. The minimum absolute atomic E-state index is 0.798. The highest BCUT2D eigenvalue weighted by Crippen LogP contribution is 2.48. The van der Waals surface area contributed by atoms with Crippen molar-refractivity contribution in [3.05, 3.63) is 194 Å². The number of benzene rings is 8. The molecule has 0 aliphatic rings. The topological polar surface area (TPSA) is 29.3 Å². The maximum Gasteiger partial charge on any atom is 0.161 e. The lowest BCUT2D eigenvalue weighted by Gasteiger charge is -2.29. The van der Waals surface area contributed by atoms with Crippen molar-refractivity contribution in [1.82, 2.24) is 4.98 Å². The van der Waals surface area contributed by atoms with Gasteiger partial charge in [-0.15, -0.1) is 0 Å². The van der Waals surface area contributed by atoms with Gasteiger partial charge in [0.2, 0.25) is 0 Å². The number of rotatable bonds is 6. The zero-order valence-electron chi connectivity index (χ0n) is 28.3. The Morgan fingerprint density at radius 2 is 1.04 bits per heavy atom. The molecule has 0 saturated heterocycles. The van der Waals surface area contributed by atoms with Crippen LogP contribution in [0.25, 0.3) is 77.0 Å². The molecule has 52 heavy (non-hydrogen) atoms. The van der Waals surface area contributed by atoms with E-state index >= 15 is 0 Å². The Morgan fingerprint density at radius 1 is 0.385 bits per heavy atom. The molecule has 0 atom stereocenters. The van der Waals surface area contributed by atoms with Crippen molar-refractivity contribution in [2.24, 2.45) is 0 Å². The first-order valence-corrected chi connectivity index (χ1v) is 17.6. The van der Waals surface area contributed by atoms with Crippen LogP contribution in [0.5, 0.6) is 0 Å². The Balaban J connectivity index is 1.30. The quantitative estimate of drug-likeness (QED) is 0.177. The monoisotopic (exact) mass is 664 g/mol. The van der Waals surface area contributed by atoms with Crippen LogP contribution in [0.4, 0.5) is 17.1 Å². The predicted molar refractivity (Wildman–Crippen MR) is 218 cm³/mol. The number of para-hydroxylation sites is 1. The number of furan rings is 1. The highest BCUT2D eigenvalue weighted by Gasteiger charge is 2.24. The largest absolute Gasteiger partial charge is 0.452 e. The smallest absolute Gasteiger partial charge is 0.161 e. The first kappa shape index (κ1) is 29.9. The molecule has 0 saturated carbocycles. The Morgan fingerprint density at radius 3 is 1.88 bits per heavy atom. The van der Waals surface area contributed by atoms with E-state index in [1.807, 2.05) is 12.3 Å². The van der Waals surface area contributed by atoms with E-state index in [1.54, 1.807) is 0 Å². The Hall–Kier alpha value is -6.97. The molecule has 0 aliphatic heterocycles. The van der Waals surface area contributed by atoms with E-state index in [1.165, 1.54) is 21.9 Å². The van der Waals surface area contributed by atoms with E-state index in [2.05, 4.69) is 187 Å². The van der Waals surface area contributed by atoms with Crippen LogP contribution in [0.1, 0.15) is 0 Å². The standard InChI is InChI=1S/C49H32N2O/c1-3-13-33(14-4-1)37-19-9-21-39(31-37)51(46-25-11-24-42-43-28-26-36-20-12-30-50-47(36)49(43)52-48(42)46)45-29-27-38(34-15-5-2-6-16-34)32-44(45)41-23-10-18-35-17-7-8-22-40(35)41/h1-32H. The van der Waals surface area contributed by atoms with Gasteiger partial charge in [0, 0.05) is 33.6 Å².